The van der Waals surface area contributed by atoms with Gasteiger partial charge in [0.2, 0.25) is 11.8 Å². The van der Waals surface area contributed by atoms with Crippen molar-refractivity contribution in [1.29, 1.82) is 0 Å². The largest absolute Gasteiger partial charge is 0.506 e. The van der Waals surface area contributed by atoms with Crippen LogP contribution in [0.5, 0.6) is 5.75 Å². The first kappa shape index (κ1) is 25.7. The lowest BCUT2D eigenvalue weighted by Crippen LogP contribution is -2.45. The van der Waals surface area contributed by atoms with Gasteiger partial charge in [0.1, 0.15) is 18.8 Å². The average molecular weight is 521 g/mol. The number of aromatic hydroxyl groups is 1. The molecule has 10 heteroatoms. The molecular formula is C27H25ClN4O5. The molecule has 0 spiro atoms. The van der Waals surface area contributed by atoms with Crippen LogP contribution in [0.1, 0.15) is 11.1 Å². The van der Waals surface area contributed by atoms with E-state index in [9.17, 15) is 24.3 Å². The van der Waals surface area contributed by atoms with E-state index >= 15 is 0 Å². The molecule has 0 aliphatic heterocycles. The van der Waals surface area contributed by atoms with Crippen LogP contribution in [0.25, 0.3) is 10.9 Å². The van der Waals surface area contributed by atoms with Crippen LogP contribution in [0, 0.1) is 6.92 Å². The molecule has 1 aromatic heterocycles. The van der Waals surface area contributed by atoms with Crippen molar-refractivity contribution in [2.75, 3.05) is 11.9 Å². The van der Waals surface area contributed by atoms with Crippen molar-refractivity contribution >= 4 is 40.0 Å². The molecule has 190 valence electrons. The van der Waals surface area contributed by atoms with E-state index in [4.69, 9.17) is 11.6 Å². The molecule has 37 heavy (non-hydrogen) atoms. The molecule has 0 aliphatic carbocycles. The Bertz CT molecular complexity index is 1590. The van der Waals surface area contributed by atoms with Crippen LogP contribution in [-0.2, 0) is 29.1 Å². The number of para-hydroxylation sites is 1. The van der Waals surface area contributed by atoms with Crippen molar-refractivity contribution in [3.63, 3.8) is 0 Å². The van der Waals surface area contributed by atoms with Crippen molar-refractivity contribution in [1.82, 2.24) is 14.5 Å². The highest BCUT2D eigenvalue weighted by Crippen LogP contribution is 2.26. The number of carbonyl (C=O) groups is 2. The summed E-state index contributed by atoms with van der Waals surface area (Å²) >= 11 is 5.93. The number of aryl methyl sites for hydroxylation is 1. The number of anilines is 1. The van der Waals surface area contributed by atoms with Gasteiger partial charge in [0, 0.05) is 11.6 Å². The van der Waals surface area contributed by atoms with Crippen LogP contribution in [0.15, 0.2) is 76.3 Å². The molecule has 0 saturated carbocycles. The number of hydrogen-bond donors (Lipinski definition) is 3. The van der Waals surface area contributed by atoms with Gasteiger partial charge < -0.3 is 15.7 Å². The Kier molecular flexibility index (Phi) is 7.74. The number of amides is 2. The summed E-state index contributed by atoms with van der Waals surface area (Å²) in [6, 6.07) is 18.4. The maximum atomic E-state index is 13.3. The van der Waals surface area contributed by atoms with Crippen LogP contribution in [0.2, 0.25) is 5.02 Å². The van der Waals surface area contributed by atoms with Gasteiger partial charge in [-0.05, 0) is 49.2 Å². The highest BCUT2D eigenvalue weighted by atomic mass is 35.5. The van der Waals surface area contributed by atoms with Crippen molar-refractivity contribution in [2.45, 2.75) is 26.4 Å². The third-order valence-corrected chi connectivity index (χ3v) is 6.06. The Morgan fingerprint density at radius 3 is 2.38 bits per heavy atom. The zero-order valence-corrected chi connectivity index (χ0v) is 20.8. The number of rotatable bonds is 8. The van der Waals surface area contributed by atoms with Crippen molar-refractivity contribution < 1.29 is 14.7 Å². The number of fused-ring (bicyclic) bond motifs is 1. The lowest BCUT2D eigenvalue weighted by Gasteiger charge is -2.14. The number of nitrogens with one attached hydrogen (secondary N) is 2. The number of aromatic nitrogens is 2. The van der Waals surface area contributed by atoms with Crippen molar-refractivity contribution in [3.8, 4) is 5.75 Å². The maximum Gasteiger partial charge on any atom is 0.332 e. The van der Waals surface area contributed by atoms with Gasteiger partial charge in [0.05, 0.1) is 16.6 Å². The minimum atomic E-state index is -0.803. The first-order valence-electron chi connectivity index (χ1n) is 11.6. The molecule has 3 N–H and O–H groups in total. The van der Waals surface area contributed by atoms with Gasteiger partial charge in [-0.3, -0.25) is 23.5 Å². The molecule has 0 saturated heterocycles. The van der Waals surface area contributed by atoms with Crippen molar-refractivity contribution in [3.05, 3.63) is 104 Å². The highest BCUT2D eigenvalue weighted by Gasteiger charge is 2.18. The van der Waals surface area contributed by atoms with E-state index in [-0.39, 0.29) is 22.3 Å². The molecule has 9 nitrogen and oxygen atoms in total. The van der Waals surface area contributed by atoms with Gasteiger partial charge in [-0.25, -0.2) is 4.79 Å². The number of benzene rings is 3. The van der Waals surface area contributed by atoms with Crippen LogP contribution in [0.3, 0.4) is 0 Å². The zero-order chi connectivity index (χ0) is 26.5. The molecule has 4 rings (SSSR count). The predicted octanol–water partition coefficient (Wildman–Crippen LogP) is 2.83. The van der Waals surface area contributed by atoms with E-state index in [1.165, 1.54) is 24.3 Å². The fraction of sp³-hybridized carbons (Fsp3) is 0.185. The maximum absolute atomic E-state index is 13.3. The number of phenolic OH excluding ortho intramolecular Hbond substituents is 1. The van der Waals surface area contributed by atoms with E-state index in [1.54, 1.807) is 18.2 Å². The van der Waals surface area contributed by atoms with Gasteiger partial charge in [-0.15, -0.1) is 0 Å². The highest BCUT2D eigenvalue weighted by molar-refractivity contribution is 6.31. The van der Waals surface area contributed by atoms with E-state index in [2.05, 4.69) is 10.6 Å². The molecule has 3 aromatic carbocycles. The first-order chi connectivity index (χ1) is 17.7. The molecule has 0 radical (unpaired) electrons. The Morgan fingerprint density at radius 2 is 1.62 bits per heavy atom. The minimum Gasteiger partial charge on any atom is -0.506 e. The smallest absolute Gasteiger partial charge is 0.332 e. The number of hydrogen-bond acceptors (Lipinski definition) is 5. The fourth-order valence-corrected chi connectivity index (χ4v) is 4.08. The molecule has 0 atom stereocenters. The lowest BCUT2D eigenvalue weighted by molar-refractivity contribution is -0.121. The molecule has 0 bridgehead atoms. The second-order valence-electron chi connectivity index (χ2n) is 8.57. The van der Waals surface area contributed by atoms with E-state index in [0.29, 0.717) is 18.0 Å². The van der Waals surface area contributed by atoms with Crippen LogP contribution in [-0.4, -0.2) is 32.6 Å². The van der Waals surface area contributed by atoms with Gasteiger partial charge in [0.25, 0.3) is 5.56 Å². The first-order valence-corrected chi connectivity index (χ1v) is 11.9. The molecule has 0 unspecified atom stereocenters. The summed E-state index contributed by atoms with van der Waals surface area (Å²) in [6.45, 7) is 1.38. The van der Waals surface area contributed by atoms with E-state index in [1.807, 2.05) is 31.2 Å². The average Bonchev–Trinajstić information content (AvgIpc) is 2.88. The molecule has 4 aromatic rings. The fourth-order valence-electron chi connectivity index (χ4n) is 3.91. The number of phenols is 1. The van der Waals surface area contributed by atoms with E-state index in [0.717, 1.165) is 20.3 Å². The van der Waals surface area contributed by atoms with Crippen LogP contribution >= 0.6 is 11.6 Å². The summed E-state index contributed by atoms with van der Waals surface area (Å²) in [6.07, 6.45) is 0.597. The Labute approximate surface area is 216 Å². The van der Waals surface area contributed by atoms with Gasteiger partial charge in [0.15, 0.2) is 0 Å². The molecular weight excluding hydrogens is 496 g/mol. The molecule has 0 aliphatic rings. The molecule has 2 amide bonds. The summed E-state index contributed by atoms with van der Waals surface area (Å²) < 4.78 is 1.93. The summed E-state index contributed by atoms with van der Waals surface area (Å²) in [5.74, 6) is -1.32. The standard InChI is InChI=1S/C27H25ClN4O5/c1-17-6-8-18(9-7-17)12-13-29-24(34)15-32-26(36)20-4-2-3-5-22(20)31(27(32)37)16-25(35)30-21-14-19(28)10-11-23(21)33/h2-11,14,33H,12-13,15-16H2,1H3,(H,29,34)(H,30,35). The lowest BCUT2D eigenvalue weighted by atomic mass is 10.1. The van der Waals surface area contributed by atoms with Gasteiger partial charge >= 0.3 is 5.69 Å². The second-order valence-corrected chi connectivity index (χ2v) is 9.01. The predicted molar refractivity (Wildman–Crippen MR) is 142 cm³/mol. The van der Waals surface area contributed by atoms with Crippen molar-refractivity contribution in [2.24, 2.45) is 0 Å². The number of nitrogens with zero attached hydrogens (tertiary/aromatic N) is 2. The number of carbonyl (C=O) groups excluding carboxylic acids is 2. The third-order valence-electron chi connectivity index (χ3n) is 5.82. The SMILES string of the molecule is Cc1ccc(CCNC(=O)Cn2c(=O)c3ccccc3n(CC(=O)Nc3cc(Cl)ccc3O)c2=O)cc1. The molecule has 1 heterocycles. The summed E-state index contributed by atoms with van der Waals surface area (Å²) in [5.41, 5.74) is 1.09. The Hall–Kier alpha value is -4.37. The topological polar surface area (TPSA) is 122 Å². The Morgan fingerprint density at radius 1 is 0.919 bits per heavy atom. The number of halogens is 1. The van der Waals surface area contributed by atoms with E-state index < -0.39 is 36.2 Å². The quantitative estimate of drug-likeness (QED) is 0.308. The summed E-state index contributed by atoms with van der Waals surface area (Å²) in [5, 5.41) is 15.7. The zero-order valence-electron chi connectivity index (χ0n) is 20.0. The van der Waals surface area contributed by atoms with Gasteiger partial charge in [-0.1, -0.05) is 53.6 Å². The normalized spacial score (nSPS) is 10.9. The van der Waals surface area contributed by atoms with Crippen LogP contribution in [0.4, 0.5) is 5.69 Å². The van der Waals surface area contributed by atoms with Crippen LogP contribution < -0.4 is 21.9 Å². The Balaban J connectivity index is 1.55. The summed E-state index contributed by atoms with van der Waals surface area (Å²) in [4.78, 5) is 51.7. The monoisotopic (exact) mass is 520 g/mol. The third kappa shape index (κ3) is 6.07. The van der Waals surface area contributed by atoms with Gasteiger partial charge in [-0.2, -0.15) is 0 Å². The minimum absolute atomic E-state index is 0.0798. The summed E-state index contributed by atoms with van der Waals surface area (Å²) in [7, 11) is 0. The molecule has 0 fully saturated rings. The second kappa shape index (κ2) is 11.1.